The van der Waals surface area contributed by atoms with E-state index in [2.05, 4.69) is 10.2 Å². The third kappa shape index (κ3) is 3.72. The Bertz CT molecular complexity index is 379. The topological polar surface area (TPSA) is 76.2 Å². The number of aryl methyl sites for hydroxylation is 1. The Balaban J connectivity index is 2.74. The molecule has 0 saturated carbocycles. The van der Waals surface area contributed by atoms with Crippen molar-refractivity contribution in [3.8, 4) is 0 Å². The molecule has 0 radical (unpaired) electrons. The fourth-order valence-electron chi connectivity index (χ4n) is 0.831. The van der Waals surface area contributed by atoms with E-state index in [0.717, 1.165) is 0 Å². The zero-order valence-electron chi connectivity index (χ0n) is 7.98. The molecule has 1 unspecified atom stereocenters. The van der Waals surface area contributed by atoms with Gasteiger partial charge < -0.3 is 9.52 Å². The average Bonchev–Trinajstić information content (AvgIpc) is 2.47. The maximum atomic E-state index is 12.4. The maximum Gasteiger partial charge on any atom is 0.401 e. The van der Waals surface area contributed by atoms with Crippen LogP contribution in [0.15, 0.2) is 9.64 Å². The largest absolute Gasteiger partial charge is 0.481 e. The molecular formula is C7H7F3N2O3S. The number of alkyl halides is 3. The molecule has 0 aromatic carbocycles. The maximum absolute atomic E-state index is 12.4. The van der Waals surface area contributed by atoms with Crippen LogP contribution in [0.5, 0.6) is 0 Å². The number of carbonyl (C=O) groups is 1. The predicted molar refractivity (Wildman–Crippen MR) is 47.0 cm³/mol. The Labute approximate surface area is 92.0 Å². The van der Waals surface area contributed by atoms with Crippen LogP contribution in [0.4, 0.5) is 13.2 Å². The molecule has 1 N–H and O–H groups in total. The van der Waals surface area contributed by atoms with Crippen molar-refractivity contribution < 1.29 is 27.5 Å². The van der Waals surface area contributed by atoms with Gasteiger partial charge in [-0.1, -0.05) is 11.8 Å². The van der Waals surface area contributed by atoms with Gasteiger partial charge in [0.25, 0.3) is 5.22 Å². The first-order valence-electron chi connectivity index (χ1n) is 4.04. The minimum atomic E-state index is -4.63. The number of hydrogen-bond acceptors (Lipinski definition) is 5. The van der Waals surface area contributed by atoms with E-state index in [1.165, 1.54) is 6.92 Å². The second-order valence-corrected chi connectivity index (χ2v) is 3.99. The fraction of sp³-hybridized carbons (Fsp3) is 0.571. The molecule has 0 fully saturated rings. The summed E-state index contributed by atoms with van der Waals surface area (Å²) in [4.78, 5) is 10.3. The van der Waals surface area contributed by atoms with Crippen LogP contribution in [0.2, 0.25) is 0 Å². The summed E-state index contributed by atoms with van der Waals surface area (Å²) in [7, 11) is 0. The van der Waals surface area contributed by atoms with Gasteiger partial charge in [0.05, 0.1) is 6.42 Å². The molecular weight excluding hydrogens is 249 g/mol. The summed E-state index contributed by atoms with van der Waals surface area (Å²) in [5.41, 5.74) is 0. The summed E-state index contributed by atoms with van der Waals surface area (Å²) < 4.78 is 41.9. The van der Waals surface area contributed by atoms with Crippen molar-refractivity contribution in [2.24, 2.45) is 0 Å². The van der Waals surface area contributed by atoms with Crippen LogP contribution in [0.3, 0.4) is 0 Å². The minimum Gasteiger partial charge on any atom is -0.481 e. The molecule has 0 aliphatic carbocycles. The Morgan fingerprint density at radius 2 is 2.19 bits per heavy atom. The lowest BCUT2D eigenvalue weighted by Gasteiger charge is -2.15. The Morgan fingerprint density at radius 3 is 2.56 bits per heavy atom. The molecule has 0 bridgehead atoms. The first kappa shape index (κ1) is 12.8. The van der Waals surface area contributed by atoms with Crippen molar-refractivity contribution in [1.82, 2.24) is 10.2 Å². The summed E-state index contributed by atoms with van der Waals surface area (Å²) in [6.07, 6.45) is -5.68. The number of nitrogens with zero attached hydrogens (tertiary/aromatic N) is 2. The summed E-state index contributed by atoms with van der Waals surface area (Å²) in [5, 5.41) is 12.7. The van der Waals surface area contributed by atoms with E-state index in [4.69, 9.17) is 9.52 Å². The SMILES string of the molecule is Cc1nnc(SC(CC(=O)O)C(F)(F)F)o1. The van der Waals surface area contributed by atoms with Crippen molar-refractivity contribution in [3.05, 3.63) is 5.89 Å². The zero-order chi connectivity index (χ0) is 12.3. The standard InChI is InChI=1S/C7H7F3N2O3S/c1-3-11-12-6(15-3)16-4(2-5(13)14)7(8,9)10/h4H,2H2,1H3,(H,13,14). The van der Waals surface area contributed by atoms with E-state index in [1.54, 1.807) is 0 Å². The Kier molecular flexibility index (Phi) is 3.79. The summed E-state index contributed by atoms with van der Waals surface area (Å²) >= 11 is 0.199. The van der Waals surface area contributed by atoms with Gasteiger partial charge in [-0.05, 0) is 0 Å². The molecule has 1 aromatic rings. The van der Waals surface area contributed by atoms with Crippen LogP contribution < -0.4 is 0 Å². The first-order valence-corrected chi connectivity index (χ1v) is 4.92. The van der Waals surface area contributed by atoms with Crippen LogP contribution >= 0.6 is 11.8 Å². The molecule has 9 heteroatoms. The summed E-state index contributed by atoms with van der Waals surface area (Å²) in [5.74, 6) is -1.41. The van der Waals surface area contributed by atoms with Gasteiger partial charge in [0, 0.05) is 6.92 Å². The third-order valence-electron chi connectivity index (χ3n) is 1.48. The van der Waals surface area contributed by atoms with E-state index >= 15 is 0 Å². The highest BCUT2D eigenvalue weighted by atomic mass is 32.2. The number of carboxylic acids is 1. The fourth-order valence-corrected chi connectivity index (χ4v) is 1.69. The minimum absolute atomic E-state index is 0.124. The predicted octanol–water partition coefficient (Wildman–Crippen LogP) is 1.88. The van der Waals surface area contributed by atoms with E-state index in [9.17, 15) is 18.0 Å². The quantitative estimate of drug-likeness (QED) is 0.829. The van der Waals surface area contributed by atoms with Gasteiger partial charge in [0.15, 0.2) is 0 Å². The summed E-state index contributed by atoms with van der Waals surface area (Å²) in [6.45, 7) is 1.43. The van der Waals surface area contributed by atoms with Crippen molar-refractivity contribution in [1.29, 1.82) is 0 Å². The molecule has 1 aromatic heterocycles. The second kappa shape index (κ2) is 4.73. The van der Waals surface area contributed by atoms with Crippen LogP contribution in [-0.2, 0) is 4.79 Å². The highest BCUT2D eigenvalue weighted by Gasteiger charge is 2.42. The number of thioether (sulfide) groups is 1. The molecule has 0 aliphatic heterocycles. The highest BCUT2D eigenvalue weighted by molar-refractivity contribution is 7.99. The monoisotopic (exact) mass is 256 g/mol. The lowest BCUT2D eigenvalue weighted by Crippen LogP contribution is -2.28. The van der Waals surface area contributed by atoms with Gasteiger partial charge in [-0.3, -0.25) is 4.79 Å². The van der Waals surface area contributed by atoms with Gasteiger partial charge >= 0.3 is 12.1 Å². The van der Waals surface area contributed by atoms with E-state index in [-0.39, 0.29) is 22.9 Å². The number of aliphatic carboxylic acids is 1. The van der Waals surface area contributed by atoms with Gasteiger partial charge in [-0.15, -0.1) is 10.2 Å². The highest BCUT2D eigenvalue weighted by Crippen LogP contribution is 2.36. The molecule has 0 aliphatic rings. The Morgan fingerprint density at radius 1 is 1.56 bits per heavy atom. The molecule has 0 amide bonds. The van der Waals surface area contributed by atoms with E-state index in [1.807, 2.05) is 0 Å². The number of rotatable bonds is 4. The van der Waals surface area contributed by atoms with Gasteiger partial charge in [-0.25, -0.2) is 0 Å². The lowest BCUT2D eigenvalue weighted by atomic mass is 10.3. The van der Waals surface area contributed by atoms with Crippen molar-refractivity contribution >= 4 is 17.7 Å². The zero-order valence-corrected chi connectivity index (χ0v) is 8.80. The second-order valence-electron chi connectivity index (χ2n) is 2.83. The van der Waals surface area contributed by atoms with Crippen LogP contribution in [0.1, 0.15) is 12.3 Å². The number of aromatic nitrogens is 2. The number of carboxylic acid groups (broad SMARTS) is 1. The molecule has 1 rings (SSSR count). The van der Waals surface area contributed by atoms with Crippen molar-refractivity contribution in [2.75, 3.05) is 0 Å². The molecule has 5 nitrogen and oxygen atoms in total. The van der Waals surface area contributed by atoms with Gasteiger partial charge in [0.2, 0.25) is 5.89 Å². The molecule has 1 atom stereocenters. The first-order chi connectivity index (χ1) is 7.29. The van der Waals surface area contributed by atoms with E-state index in [0.29, 0.717) is 0 Å². The van der Waals surface area contributed by atoms with Gasteiger partial charge in [-0.2, -0.15) is 13.2 Å². The van der Waals surface area contributed by atoms with Crippen LogP contribution in [-0.4, -0.2) is 32.7 Å². The van der Waals surface area contributed by atoms with Crippen LogP contribution in [0, 0.1) is 6.92 Å². The van der Waals surface area contributed by atoms with Gasteiger partial charge in [0.1, 0.15) is 5.25 Å². The number of halogens is 3. The van der Waals surface area contributed by atoms with Crippen molar-refractivity contribution in [2.45, 2.75) is 30.0 Å². The Hall–Kier alpha value is -1.25. The molecule has 90 valence electrons. The van der Waals surface area contributed by atoms with E-state index < -0.39 is 23.8 Å². The molecule has 1 heterocycles. The van der Waals surface area contributed by atoms with Crippen LogP contribution in [0.25, 0.3) is 0 Å². The number of hydrogen-bond donors (Lipinski definition) is 1. The lowest BCUT2D eigenvalue weighted by molar-refractivity contribution is -0.150. The average molecular weight is 256 g/mol. The van der Waals surface area contributed by atoms with Crippen molar-refractivity contribution in [3.63, 3.8) is 0 Å². The summed E-state index contributed by atoms with van der Waals surface area (Å²) in [6, 6.07) is 0. The molecule has 0 saturated heterocycles. The molecule has 16 heavy (non-hydrogen) atoms. The molecule has 0 spiro atoms. The normalized spacial score (nSPS) is 13.8. The smallest absolute Gasteiger partial charge is 0.401 e. The third-order valence-corrected chi connectivity index (χ3v) is 2.56.